The number of hydrogen-bond donors (Lipinski definition) is 0. The van der Waals surface area contributed by atoms with Gasteiger partial charge < -0.3 is 0 Å². The molecule has 2 nitrogen and oxygen atoms in total. The maximum absolute atomic E-state index is 12.9. The van der Waals surface area contributed by atoms with E-state index in [9.17, 15) is 4.39 Å². The maximum Gasteiger partial charge on any atom is 0.0973 e. The first-order valence-corrected chi connectivity index (χ1v) is 10.1. The summed E-state index contributed by atoms with van der Waals surface area (Å²) in [7, 11) is 0. The molecule has 0 radical (unpaired) electrons. The normalized spacial score (nSPS) is 12.2. The minimum atomic E-state index is -0.731. The van der Waals surface area contributed by atoms with Gasteiger partial charge in [-0.2, -0.15) is 10.2 Å². The summed E-state index contributed by atoms with van der Waals surface area (Å²) >= 11 is 0. The number of halogens is 1. The Morgan fingerprint density at radius 2 is 1.90 bits per heavy atom. The van der Waals surface area contributed by atoms with E-state index in [1.807, 2.05) is 18.2 Å². The summed E-state index contributed by atoms with van der Waals surface area (Å²) in [5.74, 6) is 0. The Morgan fingerprint density at radius 1 is 1.07 bits per heavy atom. The first-order chi connectivity index (χ1) is 14.2. The van der Waals surface area contributed by atoms with Crippen molar-refractivity contribution in [2.75, 3.05) is 0 Å². The largest absolute Gasteiger partial charge is 0.248 e. The van der Waals surface area contributed by atoms with Crippen LogP contribution in [0.1, 0.15) is 37.3 Å². The predicted molar refractivity (Wildman–Crippen MR) is 120 cm³/mol. The van der Waals surface area contributed by atoms with Crippen LogP contribution in [0.3, 0.4) is 0 Å². The van der Waals surface area contributed by atoms with Crippen molar-refractivity contribution in [3.63, 3.8) is 0 Å². The molecule has 148 valence electrons. The first kappa shape index (κ1) is 20.7. The molecule has 0 saturated carbocycles. The third-order valence-electron chi connectivity index (χ3n) is 4.82. The molecule has 29 heavy (non-hydrogen) atoms. The highest BCUT2D eigenvalue weighted by Crippen LogP contribution is 2.32. The Kier molecular flexibility index (Phi) is 7.46. The number of unbranched alkanes of at least 4 members (excludes halogenated alkanes) is 1. The van der Waals surface area contributed by atoms with Gasteiger partial charge in [-0.3, -0.25) is 0 Å². The average molecular weight is 387 g/mol. The third kappa shape index (κ3) is 5.95. The van der Waals surface area contributed by atoms with Gasteiger partial charge in [0.05, 0.1) is 11.9 Å². The molecule has 1 heterocycles. The SMILES string of the molecule is C=CCc1ccc(-c2cc(C=CCCCC(C)F)ccc2-c2cccnn2)cc1. The number of alkyl halides is 1. The Bertz CT molecular complexity index is 944. The Morgan fingerprint density at radius 3 is 2.59 bits per heavy atom. The van der Waals surface area contributed by atoms with Crippen molar-refractivity contribution in [3.8, 4) is 22.4 Å². The van der Waals surface area contributed by atoms with Crippen LogP contribution in [0.15, 0.2) is 79.5 Å². The standard InChI is InChI=1S/C26H27FN2/c1-3-8-21-12-15-23(16-13-21)25-19-22(10-6-4-5-9-20(2)27)14-17-24(25)26-11-7-18-28-29-26/h3,6-7,10-20H,1,4-5,8-9H2,2H3. The molecule has 0 spiro atoms. The van der Waals surface area contributed by atoms with Crippen molar-refractivity contribution in [1.29, 1.82) is 0 Å². The fourth-order valence-corrected chi connectivity index (χ4v) is 3.30. The van der Waals surface area contributed by atoms with Gasteiger partial charge in [-0.25, -0.2) is 4.39 Å². The maximum atomic E-state index is 12.9. The summed E-state index contributed by atoms with van der Waals surface area (Å²) < 4.78 is 12.9. The van der Waals surface area contributed by atoms with E-state index in [-0.39, 0.29) is 0 Å². The molecule has 0 saturated heterocycles. The molecule has 1 aromatic heterocycles. The van der Waals surface area contributed by atoms with Crippen LogP contribution in [-0.4, -0.2) is 16.4 Å². The summed E-state index contributed by atoms with van der Waals surface area (Å²) in [6, 6.07) is 18.8. The van der Waals surface area contributed by atoms with E-state index in [1.54, 1.807) is 13.1 Å². The number of benzene rings is 2. The zero-order valence-corrected chi connectivity index (χ0v) is 16.9. The van der Waals surface area contributed by atoms with E-state index in [2.05, 4.69) is 71.4 Å². The van der Waals surface area contributed by atoms with Crippen molar-refractivity contribution in [2.45, 2.75) is 38.8 Å². The highest BCUT2D eigenvalue weighted by molar-refractivity contribution is 5.83. The van der Waals surface area contributed by atoms with E-state index in [4.69, 9.17) is 0 Å². The van der Waals surface area contributed by atoms with Gasteiger partial charge in [0.1, 0.15) is 0 Å². The summed E-state index contributed by atoms with van der Waals surface area (Å²) in [5.41, 5.74) is 6.53. The zero-order valence-electron chi connectivity index (χ0n) is 16.9. The van der Waals surface area contributed by atoms with Crippen molar-refractivity contribution < 1.29 is 4.39 Å². The van der Waals surface area contributed by atoms with E-state index >= 15 is 0 Å². The van der Waals surface area contributed by atoms with Crippen LogP contribution in [0.5, 0.6) is 0 Å². The van der Waals surface area contributed by atoms with Crippen LogP contribution in [0.25, 0.3) is 28.5 Å². The number of aromatic nitrogens is 2. The molecule has 1 unspecified atom stereocenters. The van der Waals surface area contributed by atoms with Gasteiger partial charge in [0.2, 0.25) is 0 Å². The fraction of sp³-hybridized carbons (Fsp3) is 0.231. The Balaban J connectivity index is 1.91. The van der Waals surface area contributed by atoms with Crippen LogP contribution >= 0.6 is 0 Å². The molecule has 0 fully saturated rings. The molecule has 0 amide bonds. The van der Waals surface area contributed by atoms with E-state index in [0.29, 0.717) is 6.42 Å². The highest BCUT2D eigenvalue weighted by Gasteiger charge is 2.10. The van der Waals surface area contributed by atoms with E-state index < -0.39 is 6.17 Å². The lowest BCUT2D eigenvalue weighted by Crippen LogP contribution is -1.91. The van der Waals surface area contributed by atoms with Crippen LogP contribution in [0.2, 0.25) is 0 Å². The lowest BCUT2D eigenvalue weighted by Gasteiger charge is -2.11. The molecule has 3 rings (SSSR count). The van der Waals surface area contributed by atoms with Gasteiger partial charge in [0, 0.05) is 11.8 Å². The molecule has 2 aromatic carbocycles. The average Bonchev–Trinajstić information content (AvgIpc) is 2.75. The molecule has 1 atom stereocenters. The molecule has 0 aliphatic carbocycles. The molecule has 0 bridgehead atoms. The number of nitrogens with zero attached hydrogens (tertiary/aromatic N) is 2. The summed E-state index contributed by atoms with van der Waals surface area (Å²) in [6.07, 6.45) is 10.3. The number of hydrogen-bond acceptors (Lipinski definition) is 2. The summed E-state index contributed by atoms with van der Waals surface area (Å²) in [6.45, 7) is 5.42. The van der Waals surface area contributed by atoms with Crippen molar-refractivity contribution >= 4 is 6.08 Å². The van der Waals surface area contributed by atoms with Crippen molar-refractivity contribution in [2.24, 2.45) is 0 Å². The number of rotatable bonds is 9. The smallest absolute Gasteiger partial charge is 0.0973 e. The van der Waals surface area contributed by atoms with E-state index in [1.165, 1.54) is 5.56 Å². The van der Waals surface area contributed by atoms with Gasteiger partial charge in [-0.05, 0) is 73.1 Å². The molecule has 3 heteroatoms. The predicted octanol–water partition coefficient (Wildman–Crippen LogP) is 7.08. The minimum Gasteiger partial charge on any atom is -0.248 e. The quantitative estimate of drug-likeness (QED) is 0.290. The summed E-state index contributed by atoms with van der Waals surface area (Å²) in [5, 5.41) is 8.33. The van der Waals surface area contributed by atoms with Crippen molar-refractivity contribution in [3.05, 3.63) is 90.7 Å². The highest BCUT2D eigenvalue weighted by atomic mass is 19.1. The second-order valence-electron chi connectivity index (χ2n) is 7.22. The molecular formula is C26H27FN2. The minimum absolute atomic E-state index is 0.609. The fourth-order valence-electron chi connectivity index (χ4n) is 3.30. The second kappa shape index (κ2) is 10.5. The molecule has 0 aliphatic rings. The van der Waals surface area contributed by atoms with Gasteiger partial charge in [0.25, 0.3) is 0 Å². The Labute approximate surface area is 172 Å². The number of allylic oxidation sites excluding steroid dienone is 2. The third-order valence-corrected chi connectivity index (χ3v) is 4.82. The van der Waals surface area contributed by atoms with Crippen LogP contribution < -0.4 is 0 Å². The lowest BCUT2D eigenvalue weighted by molar-refractivity contribution is 0.335. The van der Waals surface area contributed by atoms with Gasteiger partial charge in [-0.15, -0.1) is 6.58 Å². The van der Waals surface area contributed by atoms with E-state index in [0.717, 1.165) is 47.2 Å². The lowest BCUT2D eigenvalue weighted by atomic mass is 9.94. The van der Waals surface area contributed by atoms with Crippen LogP contribution in [0.4, 0.5) is 4.39 Å². The molecule has 0 N–H and O–H groups in total. The van der Waals surface area contributed by atoms with Gasteiger partial charge >= 0.3 is 0 Å². The van der Waals surface area contributed by atoms with Crippen LogP contribution in [0, 0.1) is 0 Å². The second-order valence-corrected chi connectivity index (χ2v) is 7.22. The van der Waals surface area contributed by atoms with Crippen molar-refractivity contribution in [1.82, 2.24) is 10.2 Å². The molecular weight excluding hydrogens is 359 g/mol. The van der Waals surface area contributed by atoms with Gasteiger partial charge in [0.15, 0.2) is 0 Å². The first-order valence-electron chi connectivity index (χ1n) is 10.1. The summed E-state index contributed by atoms with van der Waals surface area (Å²) in [4.78, 5) is 0. The monoisotopic (exact) mass is 386 g/mol. The molecule has 3 aromatic rings. The Hall–Kier alpha value is -3.07. The van der Waals surface area contributed by atoms with Gasteiger partial charge in [-0.1, -0.05) is 54.6 Å². The van der Waals surface area contributed by atoms with Crippen LogP contribution in [-0.2, 0) is 6.42 Å². The zero-order chi connectivity index (χ0) is 20.5. The topological polar surface area (TPSA) is 25.8 Å². The molecule has 0 aliphatic heterocycles.